The lowest BCUT2D eigenvalue weighted by Gasteiger charge is -2.30. The van der Waals surface area contributed by atoms with E-state index < -0.39 is 0 Å². The smallest absolute Gasteiger partial charge is 0.343 e. The van der Waals surface area contributed by atoms with Gasteiger partial charge in [0.15, 0.2) is 5.82 Å². The average Bonchev–Trinajstić information content (AvgIpc) is 2.73. The van der Waals surface area contributed by atoms with Crippen molar-refractivity contribution in [3.63, 3.8) is 0 Å². The van der Waals surface area contributed by atoms with Gasteiger partial charge in [-0.1, -0.05) is 43.7 Å². The molecule has 1 aliphatic heterocycles. The van der Waals surface area contributed by atoms with Crippen LogP contribution in [0.2, 0.25) is 0 Å². The van der Waals surface area contributed by atoms with Crippen LogP contribution in [0.3, 0.4) is 0 Å². The van der Waals surface area contributed by atoms with Gasteiger partial charge in [-0.3, -0.25) is 0 Å². The summed E-state index contributed by atoms with van der Waals surface area (Å²) in [6.45, 7) is 6.92. The standard InChI is InChI=1S/C21H27N3O3/c1-3-5-11-17-18(21(25)27-4-2)20(24-12-14-26-15-13-24)23-19(22-17)16-9-7-6-8-10-16/h6-10H,3-5,11-15H2,1-2H3. The first kappa shape index (κ1) is 19.3. The van der Waals surface area contributed by atoms with Crippen molar-refractivity contribution in [3.8, 4) is 11.4 Å². The van der Waals surface area contributed by atoms with E-state index in [-0.39, 0.29) is 5.97 Å². The van der Waals surface area contributed by atoms with E-state index in [2.05, 4.69) is 11.8 Å². The highest BCUT2D eigenvalue weighted by Crippen LogP contribution is 2.28. The Morgan fingerprint density at radius 3 is 2.56 bits per heavy atom. The maximum absolute atomic E-state index is 12.8. The molecule has 6 nitrogen and oxygen atoms in total. The van der Waals surface area contributed by atoms with Crippen molar-refractivity contribution in [1.29, 1.82) is 0 Å². The fourth-order valence-electron chi connectivity index (χ4n) is 3.15. The quantitative estimate of drug-likeness (QED) is 0.696. The van der Waals surface area contributed by atoms with E-state index >= 15 is 0 Å². The fourth-order valence-corrected chi connectivity index (χ4v) is 3.15. The number of hydrogen-bond acceptors (Lipinski definition) is 6. The summed E-state index contributed by atoms with van der Waals surface area (Å²) in [5.41, 5.74) is 2.22. The minimum atomic E-state index is -0.343. The maximum Gasteiger partial charge on any atom is 0.343 e. The van der Waals surface area contributed by atoms with Crippen molar-refractivity contribution in [2.75, 3.05) is 37.8 Å². The monoisotopic (exact) mass is 369 g/mol. The molecule has 1 aromatic carbocycles. The molecule has 2 heterocycles. The van der Waals surface area contributed by atoms with Crippen LogP contribution in [0.5, 0.6) is 0 Å². The highest BCUT2D eigenvalue weighted by atomic mass is 16.5. The molecule has 0 unspecified atom stereocenters. The first-order chi connectivity index (χ1) is 13.2. The molecule has 3 rings (SSSR count). The zero-order valence-electron chi connectivity index (χ0n) is 16.1. The lowest BCUT2D eigenvalue weighted by Crippen LogP contribution is -2.38. The van der Waals surface area contributed by atoms with E-state index in [4.69, 9.17) is 19.4 Å². The Labute approximate surface area is 160 Å². The molecule has 0 saturated carbocycles. The normalized spacial score (nSPS) is 14.2. The number of aryl methyl sites for hydroxylation is 1. The summed E-state index contributed by atoms with van der Waals surface area (Å²) in [5, 5.41) is 0. The lowest BCUT2D eigenvalue weighted by atomic mass is 10.1. The number of morpholine rings is 1. The Balaban J connectivity index is 2.13. The predicted octanol–water partition coefficient (Wildman–Crippen LogP) is 3.50. The van der Waals surface area contributed by atoms with E-state index in [1.54, 1.807) is 0 Å². The number of hydrogen-bond donors (Lipinski definition) is 0. The molecule has 1 aromatic heterocycles. The highest BCUT2D eigenvalue weighted by molar-refractivity contribution is 5.96. The molecule has 0 amide bonds. The summed E-state index contributed by atoms with van der Waals surface area (Å²) in [5.74, 6) is 0.970. The van der Waals surface area contributed by atoms with Gasteiger partial charge in [0.1, 0.15) is 11.4 Å². The number of ether oxygens (including phenoxy) is 2. The average molecular weight is 369 g/mol. The molecule has 0 bridgehead atoms. The van der Waals surface area contributed by atoms with Gasteiger partial charge in [-0.05, 0) is 19.8 Å². The van der Waals surface area contributed by atoms with Gasteiger partial charge in [0.05, 0.1) is 25.5 Å². The highest BCUT2D eigenvalue weighted by Gasteiger charge is 2.27. The molecular formula is C21H27N3O3. The third kappa shape index (κ3) is 4.63. The zero-order valence-corrected chi connectivity index (χ0v) is 16.1. The largest absolute Gasteiger partial charge is 0.462 e. The molecule has 2 aromatic rings. The number of carbonyl (C=O) groups is 1. The van der Waals surface area contributed by atoms with Crippen LogP contribution in [0.25, 0.3) is 11.4 Å². The number of unbranched alkanes of at least 4 members (excludes halogenated alkanes) is 1. The molecule has 1 saturated heterocycles. The van der Waals surface area contributed by atoms with E-state index in [1.807, 2.05) is 37.3 Å². The van der Waals surface area contributed by atoms with Crippen LogP contribution in [-0.4, -0.2) is 48.8 Å². The maximum atomic E-state index is 12.8. The number of esters is 1. The summed E-state index contributed by atoms with van der Waals surface area (Å²) in [4.78, 5) is 24.5. The van der Waals surface area contributed by atoms with Gasteiger partial charge in [0.2, 0.25) is 0 Å². The van der Waals surface area contributed by atoms with Crippen molar-refractivity contribution in [3.05, 3.63) is 41.6 Å². The van der Waals surface area contributed by atoms with E-state index in [9.17, 15) is 4.79 Å². The molecule has 27 heavy (non-hydrogen) atoms. The van der Waals surface area contributed by atoms with Crippen molar-refractivity contribution >= 4 is 11.8 Å². The molecule has 0 spiro atoms. The summed E-state index contributed by atoms with van der Waals surface area (Å²) < 4.78 is 10.8. The van der Waals surface area contributed by atoms with Crippen molar-refractivity contribution in [1.82, 2.24) is 9.97 Å². The minimum Gasteiger partial charge on any atom is -0.462 e. The Morgan fingerprint density at radius 1 is 1.15 bits per heavy atom. The Morgan fingerprint density at radius 2 is 1.89 bits per heavy atom. The fraction of sp³-hybridized carbons (Fsp3) is 0.476. The second kappa shape index (κ2) is 9.46. The van der Waals surface area contributed by atoms with E-state index in [0.29, 0.717) is 50.1 Å². The number of nitrogens with zero attached hydrogens (tertiary/aromatic N) is 3. The van der Waals surface area contributed by atoms with Crippen LogP contribution < -0.4 is 4.90 Å². The molecule has 0 atom stereocenters. The van der Waals surface area contributed by atoms with Crippen molar-refractivity contribution in [2.24, 2.45) is 0 Å². The lowest BCUT2D eigenvalue weighted by molar-refractivity contribution is 0.0523. The third-order valence-corrected chi connectivity index (χ3v) is 4.55. The number of benzene rings is 1. The van der Waals surface area contributed by atoms with Gasteiger partial charge < -0.3 is 14.4 Å². The second-order valence-electron chi connectivity index (χ2n) is 6.48. The molecule has 1 aliphatic rings. The van der Waals surface area contributed by atoms with Crippen LogP contribution in [-0.2, 0) is 15.9 Å². The van der Waals surface area contributed by atoms with Crippen LogP contribution in [0.4, 0.5) is 5.82 Å². The zero-order chi connectivity index (χ0) is 19.1. The van der Waals surface area contributed by atoms with Gasteiger partial charge in [0, 0.05) is 18.7 Å². The summed E-state index contributed by atoms with van der Waals surface area (Å²) in [6.07, 6.45) is 2.71. The molecule has 0 radical (unpaired) electrons. The molecule has 1 fully saturated rings. The summed E-state index contributed by atoms with van der Waals surface area (Å²) in [6, 6.07) is 9.89. The number of rotatable bonds is 7. The topological polar surface area (TPSA) is 64.5 Å². The number of anilines is 1. The van der Waals surface area contributed by atoms with Gasteiger partial charge in [-0.2, -0.15) is 0 Å². The van der Waals surface area contributed by atoms with Gasteiger partial charge in [0.25, 0.3) is 0 Å². The first-order valence-electron chi connectivity index (χ1n) is 9.70. The summed E-state index contributed by atoms with van der Waals surface area (Å²) in [7, 11) is 0. The Kier molecular flexibility index (Phi) is 6.76. The Bertz CT molecular complexity index is 759. The third-order valence-electron chi connectivity index (χ3n) is 4.55. The van der Waals surface area contributed by atoms with Gasteiger partial charge >= 0.3 is 5.97 Å². The second-order valence-corrected chi connectivity index (χ2v) is 6.48. The van der Waals surface area contributed by atoms with E-state index in [1.165, 1.54) is 0 Å². The predicted molar refractivity (Wildman–Crippen MR) is 105 cm³/mol. The first-order valence-corrected chi connectivity index (χ1v) is 9.70. The SMILES string of the molecule is CCCCc1nc(-c2ccccc2)nc(N2CCOCC2)c1C(=O)OCC. The van der Waals surface area contributed by atoms with Gasteiger partial charge in [-0.25, -0.2) is 14.8 Å². The minimum absolute atomic E-state index is 0.328. The molecule has 144 valence electrons. The van der Waals surface area contributed by atoms with Crippen LogP contribution in [0.15, 0.2) is 30.3 Å². The Hall–Kier alpha value is -2.47. The van der Waals surface area contributed by atoms with Crippen molar-refractivity contribution in [2.45, 2.75) is 33.1 Å². The molecular weight excluding hydrogens is 342 g/mol. The molecule has 0 aliphatic carbocycles. The van der Waals surface area contributed by atoms with Crippen LogP contribution >= 0.6 is 0 Å². The number of carbonyl (C=O) groups excluding carboxylic acids is 1. The molecule has 6 heteroatoms. The van der Waals surface area contributed by atoms with Crippen molar-refractivity contribution < 1.29 is 14.3 Å². The van der Waals surface area contributed by atoms with E-state index in [0.717, 1.165) is 30.5 Å². The molecule has 0 N–H and O–H groups in total. The van der Waals surface area contributed by atoms with Gasteiger partial charge in [-0.15, -0.1) is 0 Å². The van der Waals surface area contributed by atoms with Crippen LogP contribution in [0.1, 0.15) is 42.7 Å². The summed E-state index contributed by atoms with van der Waals surface area (Å²) >= 11 is 0. The number of aromatic nitrogens is 2. The van der Waals surface area contributed by atoms with Crippen LogP contribution in [0, 0.1) is 0 Å².